The predicted octanol–water partition coefficient (Wildman–Crippen LogP) is 2.08. The maximum Gasteiger partial charge on any atom is 0.328 e. The number of carbonyl (C=O) groups is 2. The van der Waals surface area contributed by atoms with Crippen LogP contribution in [0.5, 0.6) is 0 Å². The summed E-state index contributed by atoms with van der Waals surface area (Å²) in [5.41, 5.74) is 1.57. The molecular weight excluding hydrogens is 300 g/mol. The van der Waals surface area contributed by atoms with Gasteiger partial charge in [-0.3, -0.25) is 4.90 Å². The first-order valence-corrected chi connectivity index (χ1v) is 6.24. The minimum Gasteiger partial charge on any atom is -0.480 e. The zero-order valence-electron chi connectivity index (χ0n) is 10.1. The van der Waals surface area contributed by atoms with Gasteiger partial charge >= 0.3 is 12.0 Å². The van der Waals surface area contributed by atoms with Crippen molar-refractivity contribution in [3.8, 4) is 0 Å². The number of rotatable bonds is 2. The molecule has 0 saturated carbocycles. The van der Waals surface area contributed by atoms with Gasteiger partial charge in [0.05, 0.1) is 6.54 Å². The molecule has 1 atom stereocenters. The normalized spacial score (nSPS) is 19.5. The Kier molecular flexibility index (Phi) is 3.30. The van der Waals surface area contributed by atoms with E-state index in [-0.39, 0.29) is 12.6 Å². The standard InChI is InChI=1S/C12H13BrN2O3/c1-7-5-8(3-4-9(7)13)15-10(11(16)17)6-14(2)12(15)18/h3-5,10H,6H2,1-2H3,(H,16,17). The van der Waals surface area contributed by atoms with Gasteiger partial charge in [-0.2, -0.15) is 0 Å². The number of halogens is 1. The molecule has 1 unspecified atom stereocenters. The minimum atomic E-state index is -0.992. The summed E-state index contributed by atoms with van der Waals surface area (Å²) in [6.07, 6.45) is 0. The summed E-state index contributed by atoms with van der Waals surface area (Å²) in [6.45, 7) is 2.09. The molecule has 1 aliphatic heterocycles. The van der Waals surface area contributed by atoms with Crippen LogP contribution in [0.2, 0.25) is 0 Å². The highest BCUT2D eigenvalue weighted by atomic mass is 79.9. The Morgan fingerprint density at radius 2 is 2.17 bits per heavy atom. The van der Waals surface area contributed by atoms with Crippen molar-refractivity contribution in [1.82, 2.24) is 4.90 Å². The summed E-state index contributed by atoms with van der Waals surface area (Å²) < 4.78 is 0.929. The van der Waals surface area contributed by atoms with Gasteiger partial charge in [0.25, 0.3) is 0 Å². The number of aryl methyl sites for hydroxylation is 1. The molecule has 2 rings (SSSR count). The fourth-order valence-electron chi connectivity index (χ4n) is 1.99. The van der Waals surface area contributed by atoms with E-state index in [1.807, 2.05) is 13.0 Å². The van der Waals surface area contributed by atoms with E-state index in [0.717, 1.165) is 10.0 Å². The first kappa shape index (κ1) is 12.9. The monoisotopic (exact) mass is 312 g/mol. The van der Waals surface area contributed by atoms with Gasteiger partial charge in [0.15, 0.2) is 6.04 Å². The maximum absolute atomic E-state index is 12.0. The first-order valence-electron chi connectivity index (χ1n) is 5.45. The lowest BCUT2D eigenvalue weighted by Gasteiger charge is -2.20. The molecule has 1 aromatic rings. The van der Waals surface area contributed by atoms with Crippen LogP contribution in [0.3, 0.4) is 0 Å². The van der Waals surface area contributed by atoms with Gasteiger partial charge in [-0.15, -0.1) is 0 Å². The Morgan fingerprint density at radius 1 is 1.50 bits per heavy atom. The lowest BCUT2D eigenvalue weighted by Crippen LogP contribution is -2.39. The molecule has 1 fully saturated rings. The molecule has 2 amide bonds. The molecule has 1 aromatic carbocycles. The van der Waals surface area contributed by atoms with Crippen molar-refractivity contribution in [2.45, 2.75) is 13.0 Å². The van der Waals surface area contributed by atoms with Crippen molar-refractivity contribution in [2.24, 2.45) is 0 Å². The molecule has 5 nitrogen and oxygen atoms in total. The second-order valence-electron chi connectivity index (χ2n) is 4.32. The van der Waals surface area contributed by atoms with Crippen LogP contribution in [0.25, 0.3) is 0 Å². The summed E-state index contributed by atoms with van der Waals surface area (Å²) >= 11 is 3.38. The molecule has 1 heterocycles. The van der Waals surface area contributed by atoms with Crippen LogP contribution < -0.4 is 4.90 Å². The Labute approximate surface area is 113 Å². The highest BCUT2D eigenvalue weighted by Crippen LogP contribution is 2.28. The summed E-state index contributed by atoms with van der Waals surface area (Å²) in [4.78, 5) is 25.9. The molecule has 1 saturated heterocycles. The molecule has 18 heavy (non-hydrogen) atoms. The van der Waals surface area contributed by atoms with E-state index in [4.69, 9.17) is 0 Å². The zero-order chi connectivity index (χ0) is 13.4. The molecule has 0 aliphatic carbocycles. The van der Waals surface area contributed by atoms with Crippen molar-refractivity contribution in [2.75, 3.05) is 18.5 Å². The van der Waals surface area contributed by atoms with Crippen molar-refractivity contribution in [1.29, 1.82) is 0 Å². The largest absolute Gasteiger partial charge is 0.480 e. The molecule has 1 aliphatic rings. The van der Waals surface area contributed by atoms with Crippen LogP contribution in [-0.4, -0.2) is 41.6 Å². The topological polar surface area (TPSA) is 60.9 Å². The van der Waals surface area contributed by atoms with Gasteiger partial charge in [-0.05, 0) is 30.7 Å². The highest BCUT2D eigenvalue weighted by Gasteiger charge is 2.40. The van der Waals surface area contributed by atoms with Gasteiger partial charge in [-0.25, -0.2) is 9.59 Å². The average molecular weight is 313 g/mol. The summed E-state index contributed by atoms with van der Waals surface area (Å²) in [6, 6.07) is 4.24. The number of nitrogens with zero attached hydrogens (tertiary/aromatic N) is 2. The van der Waals surface area contributed by atoms with Crippen LogP contribution in [0, 0.1) is 6.92 Å². The number of aliphatic carboxylic acids is 1. The molecular formula is C12H13BrN2O3. The fourth-order valence-corrected chi connectivity index (χ4v) is 2.24. The maximum atomic E-state index is 12.0. The Hall–Kier alpha value is -1.56. The fraction of sp³-hybridized carbons (Fsp3) is 0.333. The molecule has 1 N–H and O–H groups in total. The van der Waals surface area contributed by atoms with Gasteiger partial charge in [0.2, 0.25) is 0 Å². The van der Waals surface area contributed by atoms with Crippen LogP contribution in [-0.2, 0) is 4.79 Å². The van der Waals surface area contributed by atoms with Crippen molar-refractivity contribution >= 4 is 33.6 Å². The number of carboxylic acids is 1. The van der Waals surface area contributed by atoms with E-state index in [1.54, 1.807) is 19.2 Å². The summed E-state index contributed by atoms with van der Waals surface area (Å²) in [5, 5.41) is 9.17. The average Bonchev–Trinajstić information content (AvgIpc) is 2.60. The number of likely N-dealkylation sites (N-methyl/N-ethyl adjacent to an activating group) is 1. The third-order valence-electron chi connectivity index (χ3n) is 3.00. The number of hydrogen-bond donors (Lipinski definition) is 1. The lowest BCUT2D eigenvalue weighted by atomic mass is 10.2. The minimum absolute atomic E-state index is 0.198. The van der Waals surface area contributed by atoms with Gasteiger partial charge in [0.1, 0.15) is 0 Å². The number of anilines is 1. The van der Waals surface area contributed by atoms with Gasteiger partial charge in [-0.1, -0.05) is 15.9 Å². The summed E-state index contributed by atoms with van der Waals surface area (Å²) in [5.74, 6) is -0.992. The molecule has 0 radical (unpaired) electrons. The zero-order valence-corrected chi connectivity index (χ0v) is 11.6. The highest BCUT2D eigenvalue weighted by molar-refractivity contribution is 9.10. The number of carbonyl (C=O) groups excluding carboxylic acids is 1. The number of benzene rings is 1. The van der Waals surface area contributed by atoms with E-state index >= 15 is 0 Å². The van der Waals surface area contributed by atoms with Crippen LogP contribution in [0.15, 0.2) is 22.7 Å². The SMILES string of the molecule is Cc1cc(N2C(=O)N(C)CC2C(=O)O)ccc1Br. The van der Waals surface area contributed by atoms with Crippen molar-refractivity contribution in [3.05, 3.63) is 28.2 Å². The number of urea groups is 1. The number of hydrogen-bond acceptors (Lipinski definition) is 2. The Bertz CT molecular complexity index is 518. The third kappa shape index (κ3) is 2.08. The third-order valence-corrected chi connectivity index (χ3v) is 3.89. The quantitative estimate of drug-likeness (QED) is 0.909. The van der Waals surface area contributed by atoms with E-state index in [2.05, 4.69) is 15.9 Å². The Balaban J connectivity index is 2.43. The predicted molar refractivity (Wildman–Crippen MR) is 70.8 cm³/mol. The van der Waals surface area contributed by atoms with E-state index in [1.165, 1.54) is 9.80 Å². The second-order valence-corrected chi connectivity index (χ2v) is 5.17. The van der Waals surface area contributed by atoms with Crippen LogP contribution in [0.1, 0.15) is 5.56 Å². The molecule has 0 aromatic heterocycles. The van der Waals surface area contributed by atoms with E-state index < -0.39 is 12.0 Å². The first-order chi connectivity index (χ1) is 8.41. The number of carboxylic acid groups (broad SMARTS) is 1. The molecule has 96 valence electrons. The number of amides is 2. The van der Waals surface area contributed by atoms with E-state index in [9.17, 15) is 14.7 Å². The molecule has 0 bridgehead atoms. The van der Waals surface area contributed by atoms with Crippen LogP contribution in [0.4, 0.5) is 10.5 Å². The lowest BCUT2D eigenvalue weighted by molar-refractivity contribution is -0.138. The molecule has 0 spiro atoms. The van der Waals surface area contributed by atoms with Gasteiger partial charge in [0, 0.05) is 17.2 Å². The Morgan fingerprint density at radius 3 is 2.72 bits per heavy atom. The summed E-state index contributed by atoms with van der Waals surface area (Å²) in [7, 11) is 1.60. The van der Waals surface area contributed by atoms with E-state index in [0.29, 0.717) is 5.69 Å². The smallest absolute Gasteiger partial charge is 0.328 e. The van der Waals surface area contributed by atoms with Gasteiger partial charge < -0.3 is 10.0 Å². The second kappa shape index (κ2) is 4.61. The van der Waals surface area contributed by atoms with Crippen molar-refractivity contribution in [3.63, 3.8) is 0 Å². The van der Waals surface area contributed by atoms with Crippen molar-refractivity contribution < 1.29 is 14.7 Å². The molecule has 6 heteroatoms. The van der Waals surface area contributed by atoms with Crippen LogP contribution >= 0.6 is 15.9 Å².